The molecular weight excluding hydrogens is 622 g/mol. The number of aromatic nitrogens is 3. The minimum atomic E-state index is -5.02. The molecule has 0 fully saturated rings. The molecular formula is C23H23Cl3F3N5O5S. The van der Waals surface area contributed by atoms with E-state index in [1.165, 1.54) is 49.4 Å². The molecule has 1 aromatic heterocycles. The molecule has 2 aromatic carbocycles. The van der Waals surface area contributed by atoms with Gasteiger partial charge in [-0.15, -0.1) is 5.10 Å². The lowest BCUT2D eigenvalue weighted by Crippen LogP contribution is -2.41. The third-order valence-corrected chi connectivity index (χ3v) is 8.08. The van der Waals surface area contributed by atoms with Crippen molar-refractivity contribution in [2.24, 2.45) is 0 Å². The number of aliphatic hydroxyl groups excluding tert-OH is 1. The van der Waals surface area contributed by atoms with Crippen molar-refractivity contribution in [1.29, 1.82) is 0 Å². The smallest absolute Gasteiger partial charge is 0.382 e. The van der Waals surface area contributed by atoms with Gasteiger partial charge in [-0.05, 0) is 42.8 Å². The van der Waals surface area contributed by atoms with Crippen molar-refractivity contribution >= 4 is 50.7 Å². The van der Waals surface area contributed by atoms with E-state index < -0.39 is 53.0 Å². The quantitative estimate of drug-likeness (QED) is 0.293. The van der Waals surface area contributed by atoms with Crippen LogP contribution >= 0.6 is 34.8 Å². The van der Waals surface area contributed by atoms with Crippen LogP contribution in [0.15, 0.2) is 47.3 Å². The Balaban J connectivity index is 1.95. The number of sulfonamides is 1. The molecule has 218 valence electrons. The molecule has 3 rings (SSSR count). The van der Waals surface area contributed by atoms with E-state index in [1.54, 1.807) is 0 Å². The Hall–Kier alpha value is -2.62. The predicted octanol–water partition coefficient (Wildman–Crippen LogP) is 3.39. The number of aliphatic hydroxyl groups is 1. The summed E-state index contributed by atoms with van der Waals surface area (Å²) in [7, 11) is -3.68. The molecule has 2 atom stereocenters. The number of benzene rings is 2. The molecule has 1 heterocycles. The molecule has 0 aliphatic carbocycles. The van der Waals surface area contributed by atoms with E-state index in [0.29, 0.717) is 14.3 Å². The Bertz CT molecular complexity index is 1530. The summed E-state index contributed by atoms with van der Waals surface area (Å²) in [5, 5.41) is 16.7. The van der Waals surface area contributed by atoms with Crippen molar-refractivity contribution in [1.82, 2.24) is 24.4 Å². The fourth-order valence-electron chi connectivity index (χ4n) is 3.51. The number of hydrogen-bond acceptors (Lipinski definition) is 6. The summed E-state index contributed by atoms with van der Waals surface area (Å²) in [5.41, 5.74) is -0.630. The van der Waals surface area contributed by atoms with Gasteiger partial charge in [0.2, 0.25) is 15.9 Å². The molecule has 0 spiro atoms. The molecule has 0 aliphatic rings. The number of carbonyl (C=O) groups is 1. The highest BCUT2D eigenvalue weighted by molar-refractivity contribution is 7.89. The van der Waals surface area contributed by atoms with Gasteiger partial charge in [0, 0.05) is 17.1 Å². The summed E-state index contributed by atoms with van der Waals surface area (Å²) in [4.78, 5) is 26.0. The maximum absolute atomic E-state index is 13.1. The number of halogens is 6. The molecule has 3 aromatic rings. The third kappa shape index (κ3) is 7.98. The molecule has 0 saturated carbocycles. The van der Waals surface area contributed by atoms with E-state index in [1.807, 2.05) is 0 Å². The number of carbonyl (C=O) groups excluding carboxylic acids is 1. The van der Waals surface area contributed by atoms with E-state index in [4.69, 9.17) is 34.8 Å². The van der Waals surface area contributed by atoms with Gasteiger partial charge in [0.15, 0.2) is 11.9 Å². The fraction of sp³-hybridized carbons (Fsp3) is 0.348. The van der Waals surface area contributed by atoms with Gasteiger partial charge in [-0.25, -0.2) is 22.6 Å². The highest BCUT2D eigenvalue weighted by Crippen LogP contribution is 2.30. The van der Waals surface area contributed by atoms with Crippen molar-refractivity contribution < 1.29 is 31.5 Å². The predicted molar refractivity (Wildman–Crippen MR) is 144 cm³/mol. The maximum atomic E-state index is 13.1. The van der Waals surface area contributed by atoms with Crippen LogP contribution in [0.4, 0.5) is 13.2 Å². The van der Waals surface area contributed by atoms with Crippen molar-refractivity contribution in [2.75, 3.05) is 12.3 Å². The fourth-order valence-corrected chi connectivity index (χ4v) is 4.70. The molecule has 0 bridgehead atoms. The number of nitrogens with zero attached hydrogens (tertiary/aromatic N) is 3. The summed E-state index contributed by atoms with van der Waals surface area (Å²) < 4.78 is 66.8. The largest absolute Gasteiger partial charge is 0.416 e. The van der Waals surface area contributed by atoms with E-state index >= 15 is 0 Å². The molecule has 0 aliphatic heterocycles. The molecule has 40 heavy (non-hydrogen) atoms. The van der Waals surface area contributed by atoms with E-state index in [9.17, 15) is 36.3 Å². The molecule has 3 N–H and O–H groups in total. The normalized spacial score (nSPS) is 13.7. The van der Waals surface area contributed by atoms with Crippen LogP contribution in [-0.4, -0.2) is 58.4 Å². The SMILES string of the molecule is CCS(=O)(=O)NCC(NC(=O)Cn1nc(-c2ccc(Cl)cc2)n(CC(O)C(F)(F)F)c1=O)c1cccc(Cl)c1Cl. The van der Waals surface area contributed by atoms with Crippen molar-refractivity contribution in [3.8, 4) is 11.4 Å². The Kier molecular flexibility index (Phi) is 10.3. The second-order valence-electron chi connectivity index (χ2n) is 8.45. The van der Waals surface area contributed by atoms with Gasteiger partial charge in [0.1, 0.15) is 6.54 Å². The number of hydrogen-bond donors (Lipinski definition) is 3. The van der Waals surface area contributed by atoms with Crippen LogP contribution in [0, 0.1) is 0 Å². The van der Waals surface area contributed by atoms with Gasteiger partial charge >= 0.3 is 11.9 Å². The highest BCUT2D eigenvalue weighted by Gasteiger charge is 2.39. The minimum Gasteiger partial charge on any atom is -0.382 e. The second-order valence-corrected chi connectivity index (χ2v) is 11.8. The van der Waals surface area contributed by atoms with Gasteiger partial charge in [0.05, 0.1) is 28.4 Å². The first-order valence-electron chi connectivity index (χ1n) is 11.5. The van der Waals surface area contributed by atoms with Crippen molar-refractivity contribution in [3.05, 3.63) is 73.6 Å². The molecule has 0 radical (unpaired) electrons. The molecule has 2 unspecified atom stereocenters. The Morgan fingerprint density at radius 1 is 1.12 bits per heavy atom. The highest BCUT2D eigenvalue weighted by atomic mass is 35.5. The Morgan fingerprint density at radius 3 is 2.38 bits per heavy atom. The van der Waals surface area contributed by atoms with Crippen LogP contribution < -0.4 is 15.7 Å². The average molecular weight is 645 g/mol. The third-order valence-electron chi connectivity index (χ3n) is 5.63. The van der Waals surface area contributed by atoms with E-state index in [-0.39, 0.29) is 39.3 Å². The maximum Gasteiger partial charge on any atom is 0.416 e. The van der Waals surface area contributed by atoms with Crippen molar-refractivity contribution in [3.63, 3.8) is 0 Å². The summed E-state index contributed by atoms with van der Waals surface area (Å²) >= 11 is 18.2. The number of amides is 1. The standard InChI is InChI=1S/C23H23Cl3F3N5O5S/c1-2-40(38,39)30-10-17(15-4-3-5-16(25)20(15)26)31-19(36)12-34-22(37)33(11-18(35)23(27,28)29)21(32-34)13-6-8-14(24)9-7-13/h3-9,17-18,30,35H,2,10-12H2,1H3,(H,31,36). The van der Waals surface area contributed by atoms with Crippen LogP contribution in [0.3, 0.4) is 0 Å². The lowest BCUT2D eigenvalue weighted by Gasteiger charge is -2.21. The topological polar surface area (TPSA) is 135 Å². The zero-order valence-corrected chi connectivity index (χ0v) is 23.7. The van der Waals surface area contributed by atoms with Crippen LogP contribution in [0.2, 0.25) is 15.1 Å². The molecule has 0 saturated heterocycles. The van der Waals surface area contributed by atoms with Crippen LogP contribution in [0.25, 0.3) is 11.4 Å². The summed E-state index contributed by atoms with van der Waals surface area (Å²) in [6.07, 6.45) is -7.91. The zero-order chi connectivity index (χ0) is 29.8. The monoisotopic (exact) mass is 643 g/mol. The second kappa shape index (κ2) is 12.9. The van der Waals surface area contributed by atoms with E-state index in [2.05, 4.69) is 15.1 Å². The van der Waals surface area contributed by atoms with Crippen LogP contribution in [0.5, 0.6) is 0 Å². The number of rotatable bonds is 11. The minimum absolute atomic E-state index is 0.0535. The first kappa shape index (κ1) is 31.9. The Labute approximate surface area is 241 Å². The van der Waals surface area contributed by atoms with E-state index in [0.717, 1.165) is 0 Å². The number of nitrogens with one attached hydrogen (secondary N) is 2. The summed E-state index contributed by atoms with van der Waals surface area (Å²) in [5.74, 6) is -1.33. The summed E-state index contributed by atoms with van der Waals surface area (Å²) in [6, 6.07) is 9.15. The van der Waals surface area contributed by atoms with Gasteiger partial charge < -0.3 is 10.4 Å². The molecule has 10 nitrogen and oxygen atoms in total. The lowest BCUT2D eigenvalue weighted by atomic mass is 10.1. The Morgan fingerprint density at radius 2 is 1.77 bits per heavy atom. The first-order valence-corrected chi connectivity index (χ1v) is 14.3. The average Bonchev–Trinajstić information content (AvgIpc) is 3.18. The van der Waals surface area contributed by atoms with Crippen LogP contribution in [-0.2, 0) is 27.9 Å². The molecule has 1 amide bonds. The summed E-state index contributed by atoms with van der Waals surface area (Å²) in [6.45, 7) is -0.844. The van der Waals surface area contributed by atoms with Gasteiger partial charge in [-0.2, -0.15) is 13.2 Å². The zero-order valence-electron chi connectivity index (χ0n) is 20.6. The molecule has 17 heteroatoms. The lowest BCUT2D eigenvalue weighted by molar-refractivity contribution is -0.207. The van der Waals surface area contributed by atoms with Gasteiger partial charge in [0.25, 0.3) is 0 Å². The van der Waals surface area contributed by atoms with Crippen LogP contribution in [0.1, 0.15) is 18.5 Å². The first-order chi connectivity index (χ1) is 18.6. The van der Waals surface area contributed by atoms with Gasteiger partial charge in [-0.1, -0.05) is 46.9 Å². The van der Waals surface area contributed by atoms with Gasteiger partial charge in [-0.3, -0.25) is 9.36 Å². The number of alkyl halides is 3. The van der Waals surface area contributed by atoms with Crippen molar-refractivity contribution in [2.45, 2.75) is 38.3 Å².